The Balaban J connectivity index is 1.98. The Morgan fingerprint density at radius 3 is 2.45 bits per heavy atom. The number of carbonyl (C=O) groups is 2. The summed E-state index contributed by atoms with van der Waals surface area (Å²) in [5, 5.41) is 28.9. The van der Waals surface area contributed by atoms with Gasteiger partial charge in [0, 0.05) is 28.1 Å². The van der Waals surface area contributed by atoms with Crippen molar-refractivity contribution >= 4 is 46.2 Å². The SMILES string of the molecule is CC(CC(=O)Nc1cccc(Cl)c1C)=NNC(=O)Cc1ccc([N+](=O)[O-])cc1[N+](=O)[O-]. The molecule has 0 aliphatic rings. The summed E-state index contributed by atoms with van der Waals surface area (Å²) in [4.78, 5) is 44.6. The van der Waals surface area contributed by atoms with Crippen LogP contribution in [-0.4, -0.2) is 27.4 Å². The first-order valence-electron chi connectivity index (χ1n) is 8.87. The molecular weight excluding hydrogens is 430 g/mol. The van der Waals surface area contributed by atoms with Crippen molar-refractivity contribution < 1.29 is 19.4 Å². The van der Waals surface area contributed by atoms with E-state index in [1.165, 1.54) is 6.92 Å². The number of non-ortho nitro benzene ring substituents is 1. The van der Waals surface area contributed by atoms with E-state index in [2.05, 4.69) is 15.8 Å². The number of amides is 2. The minimum Gasteiger partial charge on any atom is -0.325 e. The Hall–Kier alpha value is -3.86. The Morgan fingerprint density at radius 2 is 1.81 bits per heavy atom. The predicted molar refractivity (Wildman–Crippen MR) is 114 cm³/mol. The van der Waals surface area contributed by atoms with Gasteiger partial charge in [-0.3, -0.25) is 29.8 Å². The maximum atomic E-state index is 12.2. The van der Waals surface area contributed by atoms with Crippen LogP contribution in [-0.2, 0) is 16.0 Å². The molecule has 2 aromatic carbocycles. The van der Waals surface area contributed by atoms with Crippen LogP contribution in [0.25, 0.3) is 0 Å². The molecule has 0 spiro atoms. The van der Waals surface area contributed by atoms with Gasteiger partial charge in [-0.2, -0.15) is 5.10 Å². The number of hydrogen-bond acceptors (Lipinski definition) is 7. The minimum absolute atomic E-state index is 0.00451. The van der Waals surface area contributed by atoms with E-state index < -0.39 is 33.5 Å². The first-order valence-corrected chi connectivity index (χ1v) is 9.25. The molecule has 2 aromatic rings. The van der Waals surface area contributed by atoms with E-state index in [0.29, 0.717) is 22.0 Å². The van der Waals surface area contributed by atoms with Crippen LogP contribution in [0.1, 0.15) is 24.5 Å². The third-order valence-corrected chi connectivity index (χ3v) is 4.57. The molecule has 31 heavy (non-hydrogen) atoms. The summed E-state index contributed by atoms with van der Waals surface area (Å²) < 4.78 is 0. The average molecular weight is 448 g/mol. The quantitative estimate of drug-likeness (QED) is 0.358. The molecule has 0 saturated heterocycles. The molecule has 0 aliphatic carbocycles. The molecule has 2 N–H and O–H groups in total. The fourth-order valence-corrected chi connectivity index (χ4v) is 2.74. The Bertz CT molecular complexity index is 1090. The Morgan fingerprint density at radius 1 is 1.10 bits per heavy atom. The van der Waals surface area contributed by atoms with Gasteiger partial charge >= 0.3 is 0 Å². The topological polar surface area (TPSA) is 157 Å². The average Bonchev–Trinajstić information content (AvgIpc) is 2.69. The van der Waals surface area contributed by atoms with Crippen LogP contribution in [0.5, 0.6) is 0 Å². The standard InChI is InChI=1S/C19H18ClN5O6/c1-11(8-18(26)21-16-5-3-4-15(20)12(16)2)22-23-19(27)9-13-6-7-14(24(28)29)10-17(13)25(30)31/h3-7,10H,8-9H2,1-2H3,(H,21,26)(H,23,27). The first kappa shape index (κ1) is 23.4. The number of anilines is 1. The highest BCUT2D eigenvalue weighted by Gasteiger charge is 2.21. The van der Waals surface area contributed by atoms with Gasteiger partial charge in [0.2, 0.25) is 11.8 Å². The van der Waals surface area contributed by atoms with Gasteiger partial charge in [-0.25, -0.2) is 5.43 Å². The number of halogens is 1. The number of rotatable bonds is 8. The normalized spacial score (nSPS) is 11.0. The van der Waals surface area contributed by atoms with Crippen molar-refractivity contribution in [2.24, 2.45) is 5.10 Å². The maximum Gasteiger partial charge on any atom is 0.279 e. The van der Waals surface area contributed by atoms with Crippen molar-refractivity contribution in [2.75, 3.05) is 5.32 Å². The summed E-state index contributed by atoms with van der Waals surface area (Å²) in [6.45, 7) is 3.29. The van der Waals surface area contributed by atoms with Gasteiger partial charge in [-0.1, -0.05) is 17.7 Å². The van der Waals surface area contributed by atoms with Crippen molar-refractivity contribution in [1.29, 1.82) is 0 Å². The smallest absolute Gasteiger partial charge is 0.279 e. The van der Waals surface area contributed by atoms with Crippen LogP contribution < -0.4 is 10.7 Å². The fraction of sp³-hybridized carbons (Fsp3) is 0.211. The maximum absolute atomic E-state index is 12.2. The number of hydrazone groups is 1. The second-order valence-electron chi connectivity index (χ2n) is 6.52. The summed E-state index contributed by atoms with van der Waals surface area (Å²) >= 11 is 6.01. The minimum atomic E-state index is -0.799. The summed E-state index contributed by atoms with van der Waals surface area (Å²) in [7, 11) is 0. The van der Waals surface area contributed by atoms with Gasteiger partial charge in [-0.15, -0.1) is 0 Å². The zero-order chi connectivity index (χ0) is 23.1. The highest BCUT2D eigenvalue weighted by Crippen LogP contribution is 2.25. The zero-order valence-corrected chi connectivity index (χ0v) is 17.3. The van der Waals surface area contributed by atoms with E-state index in [1.807, 2.05) is 0 Å². The zero-order valence-electron chi connectivity index (χ0n) is 16.5. The van der Waals surface area contributed by atoms with Crippen LogP contribution >= 0.6 is 11.6 Å². The Labute approximate surface area is 181 Å². The lowest BCUT2D eigenvalue weighted by Crippen LogP contribution is -2.23. The van der Waals surface area contributed by atoms with E-state index in [4.69, 9.17) is 11.6 Å². The highest BCUT2D eigenvalue weighted by atomic mass is 35.5. The number of nitro groups is 2. The lowest BCUT2D eigenvalue weighted by Gasteiger charge is -2.09. The van der Waals surface area contributed by atoms with Gasteiger partial charge in [0.15, 0.2) is 0 Å². The number of nitro benzene ring substituents is 2. The Kier molecular flexibility index (Phi) is 7.75. The fourth-order valence-electron chi connectivity index (χ4n) is 2.56. The van der Waals surface area contributed by atoms with Crippen LogP contribution in [0.3, 0.4) is 0 Å². The molecule has 0 radical (unpaired) electrons. The molecule has 12 heteroatoms. The summed E-state index contributed by atoms with van der Waals surface area (Å²) in [6.07, 6.45) is -0.525. The molecule has 2 amide bonds. The van der Waals surface area contributed by atoms with Crippen LogP contribution in [0, 0.1) is 27.2 Å². The third-order valence-electron chi connectivity index (χ3n) is 4.16. The van der Waals surface area contributed by atoms with Crippen LogP contribution in [0.4, 0.5) is 17.1 Å². The van der Waals surface area contributed by atoms with Crippen molar-refractivity contribution in [1.82, 2.24) is 5.43 Å². The molecule has 0 aliphatic heterocycles. The highest BCUT2D eigenvalue weighted by molar-refractivity contribution is 6.31. The summed E-state index contributed by atoms with van der Waals surface area (Å²) in [6, 6.07) is 8.11. The lowest BCUT2D eigenvalue weighted by atomic mass is 10.1. The molecule has 0 aromatic heterocycles. The number of nitrogens with zero attached hydrogens (tertiary/aromatic N) is 3. The molecule has 0 heterocycles. The molecule has 2 rings (SSSR count). The second-order valence-corrected chi connectivity index (χ2v) is 6.93. The first-order chi connectivity index (χ1) is 14.6. The van der Waals surface area contributed by atoms with Crippen molar-refractivity contribution in [3.63, 3.8) is 0 Å². The van der Waals surface area contributed by atoms with E-state index in [0.717, 1.165) is 18.2 Å². The second kappa shape index (κ2) is 10.3. The van der Waals surface area contributed by atoms with Crippen molar-refractivity contribution in [2.45, 2.75) is 26.7 Å². The van der Waals surface area contributed by atoms with Gasteiger partial charge in [0.1, 0.15) is 0 Å². The molecule has 0 unspecified atom stereocenters. The number of hydrogen-bond donors (Lipinski definition) is 2. The molecular formula is C19H18ClN5O6. The number of nitrogens with one attached hydrogen (secondary N) is 2. The van der Waals surface area contributed by atoms with Crippen LogP contribution in [0.15, 0.2) is 41.5 Å². The monoisotopic (exact) mass is 447 g/mol. The van der Waals surface area contributed by atoms with Gasteiger partial charge in [0.05, 0.1) is 28.8 Å². The van der Waals surface area contributed by atoms with Gasteiger partial charge < -0.3 is 5.32 Å². The summed E-state index contributed by atoms with van der Waals surface area (Å²) in [5.74, 6) is -1.05. The number of benzene rings is 2. The summed E-state index contributed by atoms with van der Waals surface area (Å²) in [5.41, 5.74) is 2.78. The predicted octanol–water partition coefficient (Wildman–Crippen LogP) is 3.53. The molecule has 11 nitrogen and oxygen atoms in total. The molecule has 0 atom stereocenters. The van der Waals surface area contributed by atoms with E-state index in [-0.39, 0.29) is 17.9 Å². The van der Waals surface area contributed by atoms with E-state index in [9.17, 15) is 29.8 Å². The van der Waals surface area contributed by atoms with Crippen molar-refractivity contribution in [3.05, 3.63) is 72.8 Å². The van der Waals surface area contributed by atoms with E-state index in [1.54, 1.807) is 25.1 Å². The van der Waals surface area contributed by atoms with E-state index >= 15 is 0 Å². The van der Waals surface area contributed by atoms with Gasteiger partial charge in [-0.05, 0) is 37.6 Å². The van der Waals surface area contributed by atoms with Crippen molar-refractivity contribution in [3.8, 4) is 0 Å². The molecule has 0 saturated carbocycles. The van der Waals surface area contributed by atoms with Crippen LogP contribution in [0.2, 0.25) is 5.02 Å². The largest absolute Gasteiger partial charge is 0.325 e. The lowest BCUT2D eigenvalue weighted by molar-refractivity contribution is -0.394. The van der Waals surface area contributed by atoms with Gasteiger partial charge in [0.25, 0.3) is 11.4 Å². The third kappa shape index (κ3) is 6.57. The molecule has 162 valence electrons. The number of carbonyl (C=O) groups excluding carboxylic acids is 2. The molecule has 0 bridgehead atoms. The molecule has 0 fully saturated rings.